The van der Waals surface area contributed by atoms with Crippen LogP contribution in [-0.2, 0) is 0 Å². The average Bonchev–Trinajstić information content (AvgIpc) is 2.93. The number of hydrogen-bond acceptors (Lipinski definition) is 2. The molecule has 1 saturated carbocycles. The third-order valence-electron chi connectivity index (χ3n) is 2.56. The van der Waals surface area contributed by atoms with Crippen LogP contribution in [0.5, 0.6) is 5.75 Å². The third kappa shape index (κ3) is 1.57. The predicted octanol–water partition coefficient (Wildman–Crippen LogP) is 2.08. The second-order valence-electron chi connectivity index (χ2n) is 3.69. The number of hydrogen-bond donors (Lipinski definition) is 2. The van der Waals surface area contributed by atoms with E-state index in [1.54, 1.807) is 0 Å². The van der Waals surface area contributed by atoms with Gasteiger partial charge in [-0.15, -0.1) is 0 Å². The summed E-state index contributed by atoms with van der Waals surface area (Å²) in [6.45, 7) is 0. The summed E-state index contributed by atoms with van der Waals surface area (Å²) in [5.41, 5.74) is 6.07. The Kier molecular flexibility index (Phi) is 2.15. The quantitative estimate of drug-likeness (QED) is 0.766. The van der Waals surface area contributed by atoms with Gasteiger partial charge in [0.15, 0.2) is 11.6 Å². The van der Waals surface area contributed by atoms with E-state index >= 15 is 0 Å². The normalized spacial score (nSPS) is 18.2. The van der Waals surface area contributed by atoms with Crippen molar-refractivity contribution >= 4 is 0 Å². The van der Waals surface area contributed by atoms with Crippen molar-refractivity contribution in [2.75, 3.05) is 0 Å². The number of phenolic OH excluding ortho intramolecular Hbond substituents is 1. The fourth-order valence-corrected chi connectivity index (χ4v) is 1.53. The maximum atomic E-state index is 12.9. The number of phenols is 1. The van der Waals surface area contributed by atoms with Gasteiger partial charge >= 0.3 is 0 Å². The van der Waals surface area contributed by atoms with E-state index < -0.39 is 11.6 Å². The molecule has 0 aliphatic heterocycles. The van der Waals surface area contributed by atoms with E-state index in [4.69, 9.17) is 5.73 Å². The molecule has 4 heteroatoms. The minimum Gasteiger partial charge on any atom is -0.507 e. The van der Waals surface area contributed by atoms with E-state index in [0.29, 0.717) is 11.5 Å². The molecule has 1 aliphatic rings. The topological polar surface area (TPSA) is 46.2 Å². The van der Waals surface area contributed by atoms with Gasteiger partial charge in [-0.3, -0.25) is 0 Å². The standard InChI is InChI=1S/C10H11F2NO/c11-7-3-6(9(14)4-8(7)12)10(13)5-1-2-5/h3-5,10,14H,1-2,13H2/t10-/m0/s1. The van der Waals surface area contributed by atoms with E-state index in [-0.39, 0.29) is 11.8 Å². The highest BCUT2D eigenvalue weighted by molar-refractivity contribution is 5.36. The lowest BCUT2D eigenvalue weighted by Gasteiger charge is -2.12. The molecular formula is C10H11F2NO. The smallest absolute Gasteiger partial charge is 0.162 e. The SMILES string of the molecule is N[C@H](c1cc(F)c(F)cc1O)C1CC1. The monoisotopic (exact) mass is 199 g/mol. The third-order valence-corrected chi connectivity index (χ3v) is 2.56. The van der Waals surface area contributed by atoms with Crippen LogP contribution in [0.1, 0.15) is 24.4 Å². The molecule has 1 fully saturated rings. The first-order valence-electron chi connectivity index (χ1n) is 4.53. The van der Waals surface area contributed by atoms with E-state index in [1.807, 2.05) is 0 Å². The summed E-state index contributed by atoms with van der Waals surface area (Å²) in [5.74, 6) is -1.97. The molecule has 0 amide bonds. The van der Waals surface area contributed by atoms with Crippen LogP contribution in [0.25, 0.3) is 0 Å². The van der Waals surface area contributed by atoms with Crippen LogP contribution in [0.4, 0.5) is 8.78 Å². The van der Waals surface area contributed by atoms with Crippen LogP contribution in [0.15, 0.2) is 12.1 Å². The summed E-state index contributed by atoms with van der Waals surface area (Å²) in [6.07, 6.45) is 1.97. The van der Waals surface area contributed by atoms with Crippen LogP contribution in [0.2, 0.25) is 0 Å². The Morgan fingerprint density at radius 2 is 1.86 bits per heavy atom. The van der Waals surface area contributed by atoms with Crippen molar-refractivity contribution in [1.82, 2.24) is 0 Å². The lowest BCUT2D eigenvalue weighted by atomic mass is 10.0. The largest absolute Gasteiger partial charge is 0.507 e. The Labute approximate surface area is 80.4 Å². The molecule has 1 aliphatic carbocycles. The van der Waals surface area contributed by atoms with E-state index in [0.717, 1.165) is 25.0 Å². The van der Waals surface area contributed by atoms with Crippen molar-refractivity contribution < 1.29 is 13.9 Å². The molecule has 0 bridgehead atoms. The Hall–Kier alpha value is -1.16. The van der Waals surface area contributed by atoms with Gasteiger partial charge in [0.2, 0.25) is 0 Å². The fraction of sp³-hybridized carbons (Fsp3) is 0.400. The maximum absolute atomic E-state index is 12.9. The summed E-state index contributed by atoms with van der Waals surface area (Å²) in [5, 5.41) is 9.38. The summed E-state index contributed by atoms with van der Waals surface area (Å²) < 4.78 is 25.5. The molecular weight excluding hydrogens is 188 g/mol. The van der Waals surface area contributed by atoms with E-state index in [1.165, 1.54) is 0 Å². The van der Waals surface area contributed by atoms with E-state index in [9.17, 15) is 13.9 Å². The summed E-state index contributed by atoms with van der Waals surface area (Å²) >= 11 is 0. The summed E-state index contributed by atoms with van der Waals surface area (Å²) in [4.78, 5) is 0. The first-order chi connectivity index (χ1) is 6.59. The van der Waals surface area contributed by atoms with Gasteiger partial charge in [-0.1, -0.05) is 0 Å². The van der Waals surface area contributed by atoms with Crippen molar-refractivity contribution in [2.45, 2.75) is 18.9 Å². The zero-order chi connectivity index (χ0) is 10.3. The van der Waals surface area contributed by atoms with Crippen LogP contribution in [0.3, 0.4) is 0 Å². The molecule has 3 N–H and O–H groups in total. The molecule has 0 unspecified atom stereocenters. The molecule has 14 heavy (non-hydrogen) atoms. The number of rotatable bonds is 2. The van der Waals surface area contributed by atoms with Crippen LogP contribution < -0.4 is 5.73 Å². The Morgan fingerprint density at radius 3 is 2.43 bits per heavy atom. The lowest BCUT2D eigenvalue weighted by Crippen LogP contribution is -2.13. The zero-order valence-electron chi connectivity index (χ0n) is 7.50. The van der Waals surface area contributed by atoms with Crippen molar-refractivity contribution in [3.05, 3.63) is 29.3 Å². The van der Waals surface area contributed by atoms with Crippen molar-refractivity contribution in [3.63, 3.8) is 0 Å². The first kappa shape index (κ1) is 9.40. The highest BCUT2D eigenvalue weighted by atomic mass is 19.2. The van der Waals surface area contributed by atoms with E-state index in [2.05, 4.69) is 0 Å². The van der Waals surface area contributed by atoms with Gasteiger partial charge in [-0.05, 0) is 24.8 Å². The molecule has 1 aromatic carbocycles. The fourth-order valence-electron chi connectivity index (χ4n) is 1.53. The first-order valence-corrected chi connectivity index (χ1v) is 4.53. The second-order valence-corrected chi connectivity index (χ2v) is 3.69. The molecule has 0 aromatic heterocycles. The predicted molar refractivity (Wildman–Crippen MR) is 47.7 cm³/mol. The lowest BCUT2D eigenvalue weighted by molar-refractivity contribution is 0.436. The number of nitrogens with two attached hydrogens (primary N) is 1. The molecule has 1 atom stereocenters. The number of aromatic hydroxyl groups is 1. The zero-order valence-corrected chi connectivity index (χ0v) is 7.50. The van der Waals surface area contributed by atoms with Crippen molar-refractivity contribution in [2.24, 2.45) is 11.7 Å². The highest BCUT2D eigenvalue weighted by Gasteiger charge is 2.31. The van der Waals surface area contributed by atoms with Crippen molar-refractivity contribution in [1.29, 1.82) is 0 Å². The minimum atomic E-state index is -1.05. The molecule has 2 rings (SSSR count). The Balaban J connectivity index is 2.36. The van der Waals surface area contributed by atoms with Crippen molar-refractivity contribution in [3.8, 4) is 5.75 Å². The van der Waals surface area contributed by atoms with Crippen LogP contribution in [-0.4, -0.2) is 5.11 Å². The second kappa shape index (κ2) is 3.20. The molecule has 0 spiro atoms. The van der Waals surface area contributed by atoms with Gasteiger partial charge in [0, 0.05) is 17.7 Å². The Bertz CT molecular complexity index is 363. The van der Waals surface area contributed by atoms with Gasteiger partial charge < -0.3 is 10.8 Å². The highest BCUT2D eigenvalue weighted by Crippen LogP contribution is 2.42. The number of halogens is 2. The molecule has 76 valence electrons. The van der Waals surface area contributed by atoms with Gasteiger partial charge in [0.05, 0.1) is 0 Å². The molecule has 2 nitrogen and oxygen atoms in total. The van der Waals surface area contributed by atoms with Crippen LogP contribution >= 0.6 is 0 Å². The minimum absolute atomic E-state index is 0.261. The molecule has 0 radical (unpaired) electrons. The van der Waals surface area contributed by atoms with Gasteiger partial charge in [-0.25, -0.2) is 8.78 Å². The molecule has 0 heterocycles. The summed E-state index contributed by atoms with van der Waals surface area (Å²) in [6, 6.07) is 1.37. The molecule has 1 aromatic rings. The maximum Gasteiger partial charge on any atom is 0.162 e. The van der Waals surface area contributed by atoms with Gasteiger partial charge in [0.1, 0.15) is 5.75 Å². The summed E-state index contributed by atoms with van der Waals surface area (Å²) in [7, 11) is 0. The average molecular weight is 199 g/mol. The van der Waals surface area contributed by atoms with Crippen LogP contribution in [0, 0.1) is 17.6 Å². The number of benzene rings is 1. The van der Waals surface area contributed by atoms with Gasteiger partial charge in [-0.2, -0.15) is 0 Å². The molecule has 0 saturated heterocycles. The van der Waals surface area contributed by atoms with Gasteiger partial charge in [0.25, 0.3) is 0 Å². The Morgan fingerprint density at radius 1 is 1.29 bits per heavy atom.